The Morgan fingerprint density at radius 1 is 1.08 bits per heavy atom. The second-order valence-corrected chi connectivity index (χ2v) is 9.98. The second kappa shape index (κ2) is 12.9. The van der Waals surface area contributed by atoms with Crippen molar-refractivity contribution in [2.75, 3.05) is 36.8 Å². The Morgan fingerprint density at radius 2 is 1.74 bits per heavy atom. The fourth-order valence-corrected chi connectivity index (χ4v) is 5.02. The molecule has 2 N–H and O–H groups in total. The number of likely N-dealkylation sites (N-methyl/N-ethyl adjacent to an activating group) is 1. The normalized spacial score (nSPS) is 12.0. The molecule has 1 aromatic heterocycles. The Morgan fingerprint density at radius 3 is 2.32 bits per heavy atom. The Balaban J connectivity index is 1.60. The van der Waals surface area contributed by atoms with Gasteiger partial charge in [-0.3, -0.25) is 4.79 Å². The lowest BCUT2D eigenvalue weighted by Gasteiger charge is -2.22. The number of para-hydroxylation sites is 1. The SMILES string of the molecule is CN[C@@H](Cc1cc(Cl)c(Oc2cccc3nc(-c4ccc(N(CCCl)CCCl)cc4)oc23)c(Cl)c1)C(=O)O. The van der Waals surface area contributed by atoms with Gasteiger partial charge in [-0.25, -0.2) is 4.98 Å². The molecule has 11 heteroatoms. The summed E-state index contributed by atoms with van der Waals surface area (Å²) in [5, 5.41) is 12.6. The molecule has 4 rings (SSSR count). The van der Waals surface area contributed by atoms with Crippen molar-refractivity contribution < 1.29 is 19.1 Å². The Kier molecular flexibility index (Phi) is 9.63. The number of carboxylic acid groups (broad SMARTS) is 1. The molecule has 0 spiro atoms. The number of benzene rings is 3. The first-order valence-corrected chi connectivity index (χ1v) is 13.6. The van der Waals surface area contributed by atoms with E-state index in [4.69, 9.17) is 55.6 Å². The van der Waals surface area contributed by atoms with Crippen molar-refractivity contribution in [1.29, 1.82) is 0 Å². The smallest absolute Gasteiger partial charge is 0.321 e. The van der Waals surface area contributed by atoms with Gasteiger partial charge in [0.25, 0.3) is 0 Å². The highest BCUT2D eigenvalue weighted by Crippen LogP contribution is 2.40. The van der Waals surface area contributed by atoms with Gasteiger partial charge in [0, 0.05) is 36.1 Å². The predicted molar refractivity (Wildman–Crippen MR) is 154 cm³/mol. The second-order valence-electron chi connectivity index (χ2n) is 8.41. The van der Waals surface area contributed by atoms with Gasteiger partial charge in [-0.15, -0.1) is 23.2 Å². The number of alkyl halides is 2. The summed E-state index contributed by atoms with van der Waals surface area (Å²) in [6.07, 6.45) is 0.209. The zero-order valence-corrected chi connectivity index (χ0v) is 23.4. The van der Waals surface area contributed by atoms with Crippen LogP contribution < -0.4 is 15.0 Å². The number of hydrogen-bond acceptors (Lipinski definition) is 6. The lowest BCUT2D eigenvalue weighted by molar-refractivity contribution is -0.139. The van der Waals surface area contributed by atoms with Crippen LogP contribution in [0.25, 0.3) is 22.6 Å². The first kappa shape index (κ1) is 28.3. The van der Waals surface area contributed by atoms with Crippen molar-refractivity contribution in [3.05, 3.63) is 70.2 Å². The summed E-state index contributed by atoms with van der Waals surface area (Å²) in [6, 6.07) is 15.7. The fourth-order valence-electron chi connectivity index (χ4n) is 4.00. The first-order valence-electron chi connectivity index (χ1n) is 11.8. The molecule has 0 unspecified atom stereocenters. The monoisotopic (exact) mass is 595 g/mol. The van der Waals surface area contributed by atoms with E-state index in [9.17, 15) is 9.90 Å². The number of hydrogen-bond donors (Lipinski definition) is 2. The molecule has 3 aromatic carbocycles. The van der Waals surface area contributed by atoms with Crippen LogP contribution in [-0.2, 0) is 11.2 Å². The highest BCUT2D eigenvalue weighted by atomic mass is 35.5. The number of aromatic nitrogens is 1. The van der Waals surface area contributed by atoms with Crippen LogP contribution in [0.1, 0.15) is 5.56 Å². The fraction of sp³-hybridized carbons (Fsp3) is 0.259. The van der Waals surface area contributed by atoms with E-state index in [1.54, 1.807) is 31.3 Å². The summed E-state index contributed by atoms with van der Waals surface area (Å²) in [5.74, 6) is 1.10. The topological polar surface area (TPSA) is 87.8 Å². The summed E-state index contributed by atoms with van der Waals surface area (Å²) in [6.45, 7) is 1.39. The molecule has 200 valence electrons. The van der Waals surface area contributed by atoms with Crippen LogP contribution in [0.4, 0.5) is 5.69 Å². The number of rotatable bonds is 12. The number of oxazole rings is 1. The van der Waals surface area contributed by atoms with E-state index < -0.39 is 12.0 Å². The van der Waals surface area contributed by atoms with Crippen LogP contribution in [0, 0.1) is 0 Å². The third-order valence-corrected chi connectivity index (χ3v) is 6.82. The Bertz CT molecular complexity index is 1380. The van der Waals surface area contributed by atoms with Gasteiger partial charge in [0.05, 0.1) is 10.0 Å². The van der Waals surface area contributed by atoms with Crippen LogP contribution >= 0.6 is 46.4 Å². The molecule has 1 atom stereocenters. The number of aliphatic carboxylic acids is 1. The predicted octanol–water partition coefficient (Wildman–Crippen LogP) is 7.09. The number of carbonyl (C=O) groups is 1. The van der Waals surface area contributed by atoms with E-state index in [-0.39, 0.29) is 22.2 Å². The number of nitrogens with one attached hydrogen (secondary N) is 1. The van der Waals surface area contributed by atoms with Crippen LogP contribution in [0.5, 0.6) is 11.5 Å². The van der Waals surface area contributed by atoms with E-state index in [1.807, 2.05) is 30.3 Å². The lowest BCUT2D eigenvalue weighted by Crippen LogP contribution is -2.35. The number of nitrogens with zero attached hydrogens (tertiary/aromatic N) is 2. The quantitative estimate of drug-likeness (QED) is 0.169. The molecule has 0 aliphatic heterocycles. The van der Waals surface area contributed by atoms with E-state index >= 15 is 0 Å². The summed E-state index contributed by atoms with van der Waals surface area (Å²) in [5.41, 5.74) is 3.51. The minimum absolute atomic E-state index is 0.209. The number of anilines is 1. The highest BCUT2D eigenvalue weighted by molar-refractivity contribution is 6.37. The van der Waals surface area contributed by atoms with Crippen molar-refractivity contribution in [2.45, 2.75) is 12.5 Å². The maximum atomic E-state index is 11.4. The molecule has 0 bridgehead atoms. The third kappa shape index (κ3) is 6.47. The van der Waals surface area contributed by atoms with E-state index in [2.05, 4.69) is 15.2 Å². The first-order chi connectivity index (χ1) is 18.3. The third-order valence-electron chi connectivity index (χ3n) is 5.92. The van der Waals surface area contributed by atoms with Crippen LogP contribution in [0.15, 0.2) is 59.0 Å². The van der Waals surface area contributed by atoms with Gasteiger partial charge in [-0.05, 0) is 67.6 Å². The maximum absolute atomic E-state index is 11.4. The largest absolute Gasteiger partial charge is 0.480 e. The minimum Gasteiger partial charge on any atom is -0.480 e. The summed E-state index contributed by atoms with van der Waals surface area (Å²) < 4.78 is 12.2. The molecule has 0 radical (unpaired) electrons. The van der Waals surface area contributed by atoms with Crippen LogP contribution in [0.2, 0.25) is 10.0 Å². The maximum Gasteiger partial charge on any atom is 0.321 e. The molecule has 0 aliphatic rings. The zero-order valence-electron chi connectivity index (χ0n) is 20.4. The molecular formula is C27H25Cl4N3O4. The summed E-state index contributed by atoms with van der Waals surface area (Å²) in [7, 11) is 1.58. The van der Waals surface area contributed by atoms with Gasteiger partial charge in [0.15, 0.2) is 17.1 Å². The van der Waals surface area contributed by atoms with E-state index in [0.29, 0.717) is 53.2 Å². The summed E-state index contributed by atoms with van der Waals surface area (Å²) in [4.78, 5) is 18.1. The average molecular weight is 597 g/mol. The molecule has 4 aromatic rings. The molecule has 0 saturated carbocycles. The van der Waals surface area contributed by atoms with Gasteiger partial charge < -0.3 is 24.5 Å². The molecule has 0 saturated heterocycles. The van der Waals surface area contributed by atoms with E-state index in [1.165, 1.54) is 0 Å². The molecule has 38 heavy (non-hydrogen) atoms. The van der Waals surface area contributed by atoms with Crippen molar-refractivity contribution in [1.82, 2.24) is 10.3 Å². The standard InChI is InChI=1S/C27H25Cl4N3O4/c1-32-22(27(35)36)15-16-13-19(30)24(20(31)14-16)37-23-4-2-3-21-25(23)38-26(33-21)17-5-7-18(8-6-17)34(11-9-28)12-10-29/h2-8,13-14,22,32H,9-12,15H2,1H3,(H,35,36)/t22-/m0/s1. The zero-order chi connectivity index (χ0) is 27.2. The minimum atomic E-state index is -0.967. The average Bonchev–Trinajstić information content (AvgIpc) is 3.34. The van der Waals surface area contributed by atoms with Crippen molar-refractivity contribution in [3.8, 4) is 23.0 Å². The Hall–Kier alpha value is -2.68. The van der Waals surface area contributed by atoms with Crippen molar-refractivity contribution in [2.24, 2.45) is 0 Å². The number of fused-ring (bicyclic) bond motifs is 1. The van der Waals surface area contributed by atoms with Gasteiger partial charge in [-0.1, -0.05) is 29.3 Å². The molecular weight excluding hydrogens is 572 g/mol. The lowest BCUT2D eigenvalue weighted by atomic mass is 10.1. The van der Waals surface area contributed by atoms with Gasteiger partial charge in [-0.2, -0.15) is 0 Å². The van der Waals surface area contributed by atoms with E-state index in [0.717, 1.165) is 11.3 Å². The number of ether oxygens (including phenoxy) is 1. The molecule has 0 amide bonds. The Labute approximate surface area is 240 Å². The number of carboxylic acids is 1. The van der Waals surface area contributed by atoms with Crippen molar-refractivity contribution >= 4 is 69.2 Å². The molecule has 1 heterocycles. The molecule has 0 fully saturated rings. The van der Waals surface area contributed by atoms with Crippen LogP contribution in [-0.4, -0.2) is 54.0 Å². The van der Waals surface area contributed by atoms with Crippen LogP contribution in [0.3, 0.4) is 0 Å². The molecule has 7 nitrogen and oxygen atoms in total. The summed E-state index contributed by atoms with van der Waals surface area (Å²) >= 11 is 24.8. The van der Waals surface area contributed by atoms with Gasteiger partial charge >= 0.3 is 5.97 Å². The van der Waals surface area contributed by atoms with Gasteiger partial charge in [0.1, 0.15) is 11.6 Å². The molecule has 0 aliphatic carbocycles. The number of halogens is 4. The highest BCUT2D eigenvalue weighted by Gasteiger charge is 2.20. The van der Waals surface area contributed by atoms with Crippen molar-refractivity contribution in [3.63, 3.8) is 0 Å². The van der Waals surface area contributed by atoms with Gasteiger partial charge in [0.2, 0.25) is 5.89 Å².